The average Bonchev–Trinajstić information content (AvgIpc) is 2.38. The standard InChI is InChI=1S/C15H25O3Si/c1-6-14-10-13(5)11-15(12-14)19(16-7-2,17-8-3)18-9-4/h10-12H,1,6-9H2,2-5H3. The van der Waals surface area contributed by atoms with Gasteiger partial charge in [-0.15, -0.1) is 0 Å². The molecule has 1 rings (SSSR count). The number of hydrogen-bond acceptors (Lipinski definition) is 3. The highest BCUT2D eigenvalue weighted by atomic mass is 28.4. The van der Waals surface area contributed by atoms with Crippen LogP contribution in [0, 0.1) is 13.8 Å². The van der Waals surface area contributed by atoms with E-state index in [1.54, 1.807) is 0 Å². The van der Waals surface area contributed by atoms with Gasteiger partial charge in [0, 0.05) is 25.0 Å². The van der Waals surface area contributed by atoms with Gasteiger partial charge >= 0.3 is 8.80 Å². The van der Waals surface area contributed by atoms with Crippen LogP contribution in [0.2, 0.25) is 0 Å². The number of rotatable bonds is 8. The Balaban J connectivity index is 3.24. The van der Waals surface area contributed by atoms with E-state index in [-0.39, 0.29) is 0 Å². The second-order valence-corrected chi connectivity index (χ2v) is 6.87. The zero-order valence-corrected chi connectivity index (χ0v) is 13.5. The molecule has 0 atom stereocenters. The van der Waals surface area contributed by atoms with Crippen molar-refractivity contribution in [2.24, 2.45) is 0 Å². The van der Waals surface area contributed by atoms with Gasteiger partial charge in [0.2, 0.25) is 0 Å². The molecule has 0 heterocycles. The molecule has 0 spiro atoms. The lowest BCUT2D eigenvalue weighted by Crippen LogP contribution is -2.57. The molecule has 0 saturated carbocycles. The zero-order valence-electron chi connectivity index (χ0n) is 12.5. The van der Waals surface area contributed by atoms with Crippen molar-refractivity contribution >= 4 is 14.0 Å². The summed E-state index contributed by atoms with van der Waals surface area (Å²) in [5.74, 6) is 0. The van der Waals surface area contributed by atoms with E-state index in [1.165, 1.54) is 11.1 Å². The third-order valence-corrected chi connectivity index (χ3v) is 5.78. The minimum Gasteiger partial charge on any atom is -0.370 e. The van der Waals surface area contributed by atoms with Crippen LogP contribution >= 0.6 is 0 Å². The molecule has 0 unspecified atom stereocenters. The Kier molecular flexibility index (Phi) is 6.72. The molecule has 0 bridgehead atoms. The minimum absolute atomic E-state index is 0.583. The van der Waals surface area contributed by atoms with Gasteiger partial charge in [-0.25, -0.2) is 0 Å². The van der Waals surface area contributed by atoms with Gasteiger partial charge in [0.25, 0.3) is 0 Å². The fourth-order valence-electron chi connectivity index (χ4n) is 2.13. The highest BCUT2D eigenvalue weighted by Gasteiger charge is 2.43. The summed E-state index contributed by atoms with van der Waals surface area (Å²) in [4.78, 5) is 0. The van der Waals surface area contributed by atoms with Crippen LogP contribution in [0.1, 0.15) is 31.9 Å². The van der Waals surface area contributed by atoms with Gasteiger partial charge in [-0.1, -0.05) is 23.8 Å². The van der Waals surface area contributed by atoms with Crippen molar-refractivity contribution in [1.29, 1.82) is 0 Å². The van der Waals surface area contributed by atoms with Crippen LogP contribution in [-0.4, -0.2) is 28.6 Å². The summed E-state index contributed by atoms with van der Waals surface area (Å²) in [6.45, 7) is 13.7. The smallest absolute Gasteiger partial charge is 0.370 e. The molecule has 0 amide bonds. The molecular formula is C15H25O3Si. The maximum absolute atomic E-state index is 5.93. The van der Waals surface area contributed by atoms with Crippen molar-refractivity contribution in [2.45, 2.75) is 34.1 Å². The molecule has 0 fully saturated rings. The highest BCUT2D eigenvalue weighted by molar-refractivity contribution is 6.75. The summed E-state index contributed by atoms with van der Waals surface area (Å²) in [5.41, 5.74) is 2.37. The number of hydrogen-bond donors (Lipinski definition) is 0. The molecule has 1 aromatic rings. The molecule has 0 aromatic heterocycles. The number of aryl methyl sites for hydroxylation is 1. The third-order valence-electron chi connectivity index (χ3n) is 2.78. The van der Waals surface area contributed by atoms with Gasteiger partial charge in [0.05, 0.1) is 0 Å². The van der Waals surface area contributed by atoms with Crippen LogP contribution in [0.25, 0.3) is 0 Å². The molecule has 1 radical (unpaired) electrons. The van der Waals surface area contributed by atoms with Gasteiger partial charge in [-0.3, -0.25) is 0 Å². The zero-order chi connectivity index (χ0) is 14.3. The van der Waals surface area contributed by atoms with Crippen LogP contribution in [0.4, 0.5) is 0 Å². The molecule has 0 aliphatic carbocycles. The molecule has 0 aliphatic rings. The predicted octanol–water partition coefficient (Wildman–Crippen LogP) is 2.63. The van der Waals surface area contributed by atoms with E-state index in [1.807, 2.05) is 20.8 Å². The normalized spacial score (nSPS) is 11.8. The topological polar surface area (TPSA) is 27.7 Å². The van der Waals surface area contributed by atoms with E-state index in [0.717, 1.165) is 11.6 Å². The van der Waals surface area contributed by atoms with Crippen molar-refractivity contribution < 1.29 is 13.3 Å². The van der Waals surface area contributed by atoms with Gasteiger partial charge in [-0.2, -0.15) is 0 Å². The van der Waals surface area contributed by atoms with E-state index in [4.69, 9.17) is 13.3 Å². The van der Waals surface area contributed by atoms with Gasteiger partial charge < -0.3 is 13.3 Å². The SMILES string of the molecule is [CH2]Cc1cc(C)cc([Si](OCC)(OCC)OCC)c1. The van der Waals surface area contributed by atoms with E-state index in [9.17, 15) is 0 Å². The summed E-state index contributed by atoms with van der Waals surface area (Å²) in [7, 11) is -2.78. The first-order chi connectivity index (χ1) is 9.11. The second-order valence-electron chi connectivity index (χ2n) is 4.31. The van der Waals surface area contributed by atoms with Crippen molar-refractivity contribution in [1.82, 2.24) is 0 Å². The molecule has 4 heteroatoms. The minimum atomic E-state index is -2.78. The van der Waals surface area contributed by atoms with E-state index in [0.29, 0.717) is 19.8 Å². The second kappa shape index (κ2) is 7.80. The first kappa shape index (κ1) is 16.4. The average molecular weight is 281 g/mol. The Bertz CT molecular complexity index is 376. The lowest BCUT2D eigenvalue weighted by molar-refractivity contribution is 0.0859. The largest absolute Gasteiger partial charge is 0.537 e. The summed E-state index contributed by atoms with van der Waals surface area (Å²) >= 11 is 0. The first-order valence-electron chi connectivity index (χ1n) is 6.94. The summed E-state index contributed by atoms with van der Waals surface area (Å²) < 4.78 is 17.8. The summed E-state index contributed by atoms with van der Waals surface area (Å²) in [5, 5.41) is 1.04. The fourth-order valence-corrected chi connectivity index (χ4v) is 4.79. The van der Waals surface area contributed by atoms with Crippen LogP contribution in [0.5, 0.6) is 0 Å². The van der Waals surface area contributed by atoms with Crippen molar-refractivity contribution in [3.8, 4) is 0 Å². The van der Waals surface area contributed by atoms with Crippen LogP contribution in [0.3, 0.4) is 0 Å². The third kappa shape index (κ3) is 4.14. The first-order valence-corrected chi connectivity index (χ1v) is 8.66. The Morgan fingerprint density at radius 1 is 0.947 bits per heavy atom. The maximum Gasteiger partial charge on any atom is 0.537 e. The van der Waals surface area contributed by atoms with Crippen molar-refractivity contribution in [2.75, 3.05) is 19.8 Å². The lowest BCUT2D eigenvalue weighted by Gasteiger charge is -2.29. The van der Waals surface area contributed by atoms with Crippen LogP contribution in [-0.2, 0) is 19.7 Å². The molecule has 0 saturated heterocycles. The van der Waals surface area contributed by atoms with E-state index >= 15 is 0 Å². The van der Waals surface area contributed by atoms with Gasteiger partial charge in [0.15, 0.2) is 0 Å². The van der Waals surface area contributed by atoms with Crippen molar-refractivity contribution in [3.05, 3.63) is 36.2 Å². The van der Waals surface area contributed by atoms with Crippen LogP contribution < -0.4 is 5.19 Å². The predicted molar refractivity (Wildman–Crippen MR) is 80.5 cm³/mol. The van der Waals surface area contributed by atoms with Crippen molar-refractivity contribution in [3.63, 3.8) is 0 Å². The number of benzene rings is 1. The quantitative estimate of drug-likeness (QED) is 0.686. The summed E-state index contributed by atoms with van der Waals surface area (Å²) in [6.07, 6.45) is 0.754. The Hall–Kier alpha value is -0.683. The highest BCUT2D eigenvalue weighted by Crippen LogP contribution is 2.14. The Labute approximate surface area is 118 Å². The fraction of sp³-hybridized carbons (Fsp3) is 0.533. The monoisotopic (exact) mass is 281 g/mol. The molecular weight excluding hydrogens is 256 g/mol. The molecule has 107 valence electrons. The molecule has 1 aromatic carbocycles. The molecule has 3 nitrogen and oxygen atoms in total. The Morgan fingerprint density at radius 2 is 1.47 bits per heavy atom. The summed E-state index contributed by atoms with van der Waals surface area (Å²) in [6, 6.07) is 6.35. The van der Waals surface area contributed by atoms with Gasteiger partial charge in [-0.05, 0) is 46.6 Å². The van der Waals surface area contributed by atoms with Gasteiger partial charge in [0.1, 0.15) is 0 Å². The van der Waals surface area contributed by atoms with Crippen LogP contribution in [0.15, 0.2) is 18.2 Å². The van der Waals surface area contributed by atoms with E-state index < -0.39 is 8.80 Å². The van der Waals surface area contributed by atoms with E-state index in [2.05, 4.69) is 32.0 Å². The lowest BCUT2D eigenvalue weighted by atomic mass is 10.1. The maximum atomic E-state index is 5.93. The Morgan fingerprint density at radius 3 is 1.89 bits per heavy atom. The molecule has 0 N–H and O–H groups in total. The molecule has 19 heavy (non-hydrogen) atoms. The molecule has 0 aliphatic heterocycles.